The van der Waals surface area contributed by atoms with E-state index >= 15 is 0 Å². The number of nitrogens with one attached hydrogen (secondary N) is 1. The Labute approximate surface area is 128 Å². The van der Waals surface area contributed by atoms with Crippen molar-refractivity contribution < 1.29 is 22.7 Å². The molecule has 0 saturated heterocycles. The molecule has 1 atom stereocenters. The van der Waals surface area contributed by atoms with E-state index in [0.717, 1.165) is 6.07 Å². The lowest BCUT2D eigenvalue weighted by Crippen LogP contribution is -2.35. The zero-order valence-electron chi connectivity index (χ0n) is 11.6. The highest BCUT2D eigenvalue weighted by atomic mass is 35.5. The summed E-state index contributed by atoms with van der Waals surface area (Å²) in [7, 11) is -0.899. The molecule has 3 N–H and O–H groups in total. The minimum Gasteiger partial charge on any atom is -0.382 e. The van der Waals surface area contributed by atoms with Crippen molar-refractivity contribution in [2.75, 3.05) is 27.4 Å². The molecule has 0 heterocycles. The highest BCUT2D eigenvalue weighted by Gasteiger charge is 2.17. The van der Waals surface area contributed by atoms with Crippen LogP contribution in [0.1, 0.15) is 10.4 Å². The zero-order chi connectivity index (χ0) is 16.0. The van der Waals surface area contributed by atoms with E-state index < -0.39 is 15.9 Å². The highest BCUT2D eigenvalue weighted by molar-refractivity contribution is 7.89. The second-order valence-corrected chi connectivity index (χ2v) is 6.18. The average molecular weight is 337 g/mol. The second kappa shape index (κ2) is 7.71. The molecule has 0 spiro atoms. The molecular formula is C12H17ClN2O5S. The molecule has 0 aliphatic carbocycles. The number of amides is 1. The van der Waals surface area contributed by atoms with Gasteiger partial charge in [0.25, 0.3) is 5.91 Å². The fourth-order valence-electron chi connectivity index (χ4n) is 1.55. The number of rotatable bonds is 7. The fourth-order valence-corrected chi connectivity index (χ4v) is 2.30. The second-order valence-electron chi connectivity index (χ2n) is 4.21. The van der Waals surface area contributed by atoms with Crippen molar-refractivity contribution in [1.82, 2.24) is 5.32 Å². The van der Waals surface area contributed by atoms with Crippen molar-refractivity contribution in [2.24, 2.45) is 5.14 Å². The molecule has 1 amide bonds. The average Bonchev–Trinajstić information content (AvgIpc) is 2.42. The van der Waals surface area contributed by atoms with Crippen LogP contribution in [0.4, 0.5) is 0 Å². The zero-order valence-corrected chi connectivity index (χ0v) is 13.2. The van der Waals surface area contributed by atoms with E-state index in [4.69, 9.17) is 26.2 Å². The summed E-state index contributed by atoms with van der Waals surface area (Å²) in [6.45, 7) is 0.501. The predicted octanol–water partition coefficient (Wildman–Crippen LogP) is 0.379. The minimum atomic E-state index is -3.90. The number of ether oxygens (including phenoxy) is 2. The Morgan fingerprint density at radius 1 is 1.43 bits per heavy atom. The molecule has 1 rings (SSSR count). The topological polar surface area (TPSA) is 108 Å². The summed E-state index contributed by atoms with van der Waals surface area (Å²) in [6.07, 6.45) is -0.320. The van der Waals surface area contributed by atoms with Crippen LogP contribution in [0.2, 0.25) is 5.02 Å². The molecular weight excluding hydrogens is 320 g/mol. The first-order valence-electron chi connectivity index (χ1n) is 5.92. The third kappa shape index (κ3) is 5.25. The van der Waals surface area contributed by atoms with Gasteiger partial charge in [0.1, 0.15) is 0 Å². The Morgan fingerprint density at radius 2 is 2.10 bits per heavy atom. The van der Waals surface area contributed by atoms with Gasteiger partial charge in [-0.3, -0.25) is 4.79 Å². The van der Waals surface area contributed by atoms with Gasteiger partial charge in [0.05, 0.1) is 28.2 Å². The molecule has 7 nitrogen and oxygen atoms in total. The van der Waals surface area contributed by atoms with Gasteiger partial charge in [0, 0.05) is 20.8 Å². The first kappa shape index (κ1) is 17.9. The quantitative estimate of drug-likeness (QED) is 0.748. The lowest BCUT2D eigenvalue weighted by atomic mass is 10.2. The van der Waals surface area contributed by atoms with Crippen LogP contribution >= 0.6 is 11.6 Å². The number of primary sulfonamides is 1. The molecule has 118 valence electrons. The molecule has 0 aliphatic heterocycles. The molecule has 1 unspecified atom stereocenters. The predicted molar refractivity (Wildman–Crippen MR) is 77.8 cm³/mol. The van der Waals surface area contributed by atoms with Gasteiger partial charge in [0.2, 0.25) is 10.0 Å². The maximum atomic E-state index is 12.0. The van der Waals surface area contributed by atoms with Crippen LogP contribution in [0.5, 0.6) is 0 Å². The standard InChI is InChI=1S/C12H17ClN2O5S/c1-19-7-8(20-2)6-15-12(16)10-5-9(21(14,17)18)3-4-11(10)13/h3-5,8H,6-7H2,1-2H3,(H,15,16)(H2,14,17,18). The number of nitrogens with two attached hydrogens (primary N) is 1. The van der Waals surface area contributed by atoms with Gasteiger partial charge < -0.3 is 14.8 Å². The van der Waals surface area contributed by atoms with E-state index in [9.17, 15) is 13.2 Å². The molecule has 0 fully saturated rings. The van der Waals surface area contributed by atoms with Crippen LogP contribution in [0, 0.1) is 0 Å². The van der Waals surface area contributed by atoms with Gasteiger partial charge in [-0.25, -0.2) is 13.6 Å². The van der Waals surface area contributed by atoms with E-state index in [0.29, 0.717) is 6.61 Å². The Kier molecular flexibility index (Phi) is 6.56. The van der Waals surface area contributed by atoms with Crippen molar-refractivity contribution in [3.63, 3.8) is 0 Å². The lowest BCUT2D eigenvalue weighted by molar-refractivity contribution is 0.0285. The number of hydrogen-bond donors (Lipinski definition) is 2. The van der Waals surface area contributed by atoms with Crippen molar-refractivity contribution in [3.05, 3.63) is 28.8 Å². The van der Waals surface area contributed by atoms with E-state index in [1.54, 1.807) is 0 Å². The molecule has 0 saturated carbocycles. The van der Waals surface area contributed by atoms with Crippen molar-refractivity contribution >= 4 is 27.5 Å². The van der Waals surface area contributed by atoms with Crippen molar-refractivity contribution in [2.45, 2.75) is 11.0 Å². The highest BCUT2D eigenvalue weighted by Crippen LogP contribution is 2.19. The summed E-state index contributed by atoms with van der Waals surface area (Å²) in [4.78, 5) is 11.9. The first-order chi connectivity index (χ1) is 9.79. The third-order valence-corrected chi connectivity index (χ3v) is 3.93. The number of carbonyl (C=O) groups excluding carboxylic acids is 1. The Morgan fingerprint density at radius 3 is 2.62 bits per heavy atom. The van der Waals surface area contributed by atoms with Crippen LogP contribution in [-0.4, -0.2) is 47.8 Å². The number of methoxy groups -OCH3 is 2. The van der Waals surface area contributed by atoms with Gasteiger partial charge in [-0.1, -0.05) is 11.6 Å². The van der Waals surface area contributed by atoms with Crippen molar-refractivity contribution in [1.29, 1.82) is 0 Å². The van der Waals surface area contributed by atoms with Gasteiger partial charge >= 0.3 is 0 Å². The maximum absolute atomic E-state index is 12.0. The molecule has 0 aliphatic rings. The monoisotopic (exact) mass is 336 g/mol. The minimum absolute atomic E-state index is 0.0236. The Balaban J connectivity index is 2.87. The van der Waals surface area contributed by atoms with Crippen LogP contribution in [-0.2, 0) is 19.5 Å². The van der Waals surface area contributed by atoms with Crippen LogP contribution in [0.3, 0.4) is 0 Å². The SMILES string of the molecule is COCC(CNC(=O)c1cc(S(N)(=O)=O)ccc1Cl)OC. The molecule has 1 aromatic rings. The molecule has 21 heavy (non-hydrogen) atoms. The van der Waals surface area contributed by atoms with Gasteiger partial charge in [-0.2, -0.15) is 0 Å². The third-order valence-electron chi connectivity index (χ3n) is 2.69. The maximum Gasteiger partial charge on any atom is 0.252 e. The summed E-state index contributed by atoms with van der Waals surface area (Å²) in [5, 5.41) is 7.74. The van der Waals surface area contributed by atoms with E-state index in [1.165, 1.54) is 26.4 Å². The van der Waals surface area contributed by atoms with Crippen LogP contribution in [0.25, 0.3) is 0 Å². The Hall–Kier alpha value is -1.19. The summed E-state index contributed by atoms with van der Waals surface area (Å²) >= 11 is 5.90. The van der Waals surface area contributed by atoms with E-state index in [1.807, 2.05) is 0 Å². The lowest BCUT2D eigenvalue weighted by Gasteiger charge is -2.15. The first-order valence-corrected chi connectivity index (χ1v) is 7.84. The van der Waals surface area contributed by atoms with Gasteiger partial charge in [0.15, 0.2) is 0 Å². The number of hydrogen-bond acceptors (Lipinski definition) is 5. The van der Waals surface area contributed by atoms with Gasteiger partial charge in [-0.15, -0.1) is 0 Å². The van der Waals surface area contributed by atoms with Crippen LogP contribution in [0.15, 0.2) is 23.1 Å². The van der Waals surface area contributed by atoms with Crippen LogP contribution < -0.4 is 10.5 Å². The largest absolute Gasteiger partial charge is 0.382 e. The van der Waals surface area contributed by atoms with Gasteiger partial charge in [-0.05, 0) is 18.2 Å². The molecule has 9 heteroatoms. The molecule has 1 aromatic carbocycles. The summed E-state index contributed by atoms with van der Waals surface area (Å²) in [5.74, 6) is -0.524. The fraction of sp³-hybridized carbons (Fsp3) is 0.417. The summed E-state index contributed by atoms with van der Waals surface area (Å²) in [5.41, 5.74) is 0.0236. The Bertz CT molecular complexity index is 606. The van der Waals surface area contributed by atoms with Crippen molar-refractivity contribution in [3.8, 4) is 0 Å². The molecule has 0 radical (unpaired) electrons. The molecule has 0 bridgehead atoms. The number of carbonyl (C=O) groups is 1. The number of halogens is 1. The number of benzene rings is 1. The summed E-state index contributed by atoms with van der Waals surface area (Å²) in [6, 6.07) is 3.67. The summed E-state index contributed by atoms with van der Waals surface area (Å²) < 4.78 is 32.6. The number of sulfonamides is 1. The smallest absolute Gasteiger partial charge is 0.252 e. The van der Waals surface area contributed by atoms with E-state index in [-0.39, 0.29) is 28.1 Å². The normalized spacial score (nSPS) is 13.0. The van der Waals surface area contributed by atoms with E-state index in [2.05, 4.69) is 5.32 Å². The molecule has 0 aromatic heterocycles.